The van der Waals surface area contributed by atoms with Crippen LogP contribution in [0.5, 0.6) is 5.75 Å². The Kier molecular flexibility index (Phi) is 4.47. The van der Waals surface area contributed by atoms with Gasteiger partial charge in [0.15, 0.2) is 0 Å². The lowest BCUT2D eigenvalue weighted by Crippen LogP contribution is -2.02. The van der Waals surface area contributed by atoms with Gasteiger partial charge in [0.2, 0.25) is 0 Å². The van der Waals surface area contributed by atoms with Crippen LogP contribution in [0.15, 0.2) is 36.8 Å². The van der Waals surface area contributed by atoms with Gasteiger partial charge in [-0.1, -0.05) is 18.5 Å². The first-order valence-electron chi connectivity index (χ1n) is 8.69. The number of aromatic nitrogens is 4. The Morgan fingerprint density at radius 1 is 1.32 bits per heavy atom. The van der Waals surface area contributed by atoms with Crippen molar-refractivity contribution in [1.82, 2.24) is 19.7 Å². The lowest BCUT2D eigenvalue weighted by Gasteiger charge is -2.17. The Labute approximate surface area is 166 Å². The number of halogens is 2. The molecule has 3 N–H and O–H groups in total. The molecule has 0 radical (unpaired) electrons. The number of nitrogens with two attached hydrogens (primary N) is 1. The van der Waals surface area contributed by atoms with E-state index in [2.05, 4.69) is 15.1 Å². The second kappa shape index (κ2) is 6.83. The predicted octanol–water partition coefficient (Wildman–Crippen LogP) is 4.50. The number of rotatable bonds is 4. The molecule has 0 aliphatic carbocycles. The van der Waals surface area contributed by atoms with Gasteiger partial charge < -0.3 is 15.5 Å². The molecule has 3 aromatic heterocycles. The summed E-state index contributed by atoms with van der Waals surface area (Å²) >= 11 is 6.28. The van der Waals surface area contributed by atoms with E-state index in [1.165, 1.54) is 6.07 Å². The zero-order valence-electron chi connectivity index (χ0n) is 15.6. The normalized spacial score (nSPS) is 12.5. The minimum Gasteiger partial charge on any atom is -0.496 e. The van der Waals surface area contributed by atoms with Gasteiger partial charge in [0.25, 0.3) is 0 Å². The second-order valence-electron chi connectivity index (χ2n) is 6.63. The number of nitrogens with one attached hydrogen (secondary N) is 1. The van der Waals surface area contributed by atoms with E-state index in [0.29, 0.717) is 17.1 Å². The Bertz CT molecular complexity index is 1180. The summed E-state index contributed by atoms with van der Waals surface area (Å²) in [6.07, 6.45) is 5.32. The van der Waals surface area contributed by atoms with Gasteiger partial charge in [0.05, 0.1) is 18.3 Å². The smallest absolute Gasteiger partial charge is 0.142 e. The summed E-state index contributed by atoms with van der Waals surface area (Å²) in [4.78, 5) is 7.67. The topological polar surface area (TPSA) is 81.8 Å². The third-order valence-electron chi connectivity index (χ3n) is 5.07. The van der Waals surface area contributed by atoms with Crippen LogP contribution in [-0.2, 0) is 7.05 Å². The molecule has 0 aliphatic rings. The number of hydrogen-bond acceptors (Lipinski definition) is 4. The van der Waals surface area contributed by atoms with Gasteiger partial charge in [0, 0.05) is 47.4 Å². The number of fused-ring (bicyclic) bond motifs is 1. The van der Waals surface area contributed by atoms with Crippen molar-refractivity contribution in [3.63, 3.8) is 0 Å². The van der Waals surface area contributed by atoms with Crippen molar-refractivity contribution in [2.24, 2.45) is 7.05 Å². The number of benzene rings is 1. The van der Waals surface area contributed by atoms with E-state index in [9.17, 15) is 4.39 Å². The first kappa shape index (κ1) is 18.3. The number of H-pyrrole nitrogens is 1. The SMILES string of the molecule is COc1ccc(F)c(Cl)c1C(C)c1c[nH]c2ncc(-c3cnn(C)c3N)cc12. The molecule has 0 saturated carbocycles. The molecule has 4 aromatic rings. The number of hydrogen-bond donors (Lipinski definition) is 2. The monoisotopic (exact) mass is 399 g/mol. The summed E-state index contributed by atoms with van der Waals surface area (Å²) in [6, 6.07) is 4.89. The molecule has 1 unspecified atom stereocenters. The molecule has 0 aliphatic heterocycles. The lowest BCUT2D eigenvalue weighted by atomic mass is 9.91. The maximum absolute atomic E-state index is 14.1. The van der Waals surface area contributed by atoms with Crippen molar-refractivity contribution in [2.75, 3.05) is 12.8 Å². The molecule has 0 bridgehead atoms. The first-order chi connectivity index (χ1) is 13.4. The van der Waals surface area contributed by atoms with Crippen molar-refractivity contribution in [1.29, 1.82) is 0 Å². The molecule has 4 rings (SSSR count). The Morgan fingerprint density at radius 3 is 2.79 bits per heavy atom. The molecule has 144 valence electrons. The van der Waals surface area contributed by atoms with Crippen molar-refractivity contribution >= 4 is 28.5 Å². The van der Waals surface area contributed by atoms with Crippen LogP contribution in [-0.4, -0.2) is 26.9 Å². The number of ether oxygens (including phenoxy) is 1. The summed E-state index contributed by atoms with van der Waals surface area (Å²) in [6.45, 7) is 1.96. The number of aryl methyl sites for hydroxylation is 1. The van der Waals surface area contributed by atoms with Crippen LogP contribution in [0.4, 0.5) is 10.2 Å². The van der Waals surface area contributed by atoms with Crippen LogP contribution >= 0.6 is 11.6 Å². The zero-order valence-corrected chi connectivity index (χ0v) is 16.4. The molecular formula is C20H19ClFN5O. The first-order valence-corrected chi connectivity index (χ1v) is 9.07. The molecule has 28 heavy (non-hydrogen) atoms. The van der Waals surface area contributed by atoms with Gasteiger partial charge in [-0.3, -0.25) is 4.68 Å². The van der Waals surface area contributed by atoms with Crippen molar-refractivity contribution in [3.05, 3.63) is 58.8 Å². The molecule has 3 heterocycles. The fourth-order valence-electron chi connectivity index (χ4n) is 3.48. The van der Waals surface area contributed by atoms with E-state index in [4.69, 9.17) is 22.1 Å². The van der Waals surface area contributed by atoms with Gasteiger partial charge in [-0.2, -0.15) is 5.10 Å². The highest BCUT2D eigenvalue weighted by atomic mass is 35.5. The fourth-order valence-corrected chi connectivity index (χ4v) is 3.80. The Morgan fingerprint density at radius 2 is 2.11 bits per heavy atom. The Balaban J connectivity index is 1.87. The average molecular weight is 400 g/mol. The van der Waals surface area contributed by atoms with Crippen LogP contribution in [0.3, 0.4) is 0 Å². The number of anilines is 1. The minimum absolute atomic E-state index is 0.0572. The molecule has 0 fully saturated rings. The molecule has 6 nitrogen and oxygen atoms in total. The van der Waals surface area contributed by atoms with Gasteiger partial charge in [-0.05, 0) is 23.8 Å². The minimum atomic E-state index is -0.480. The summed E-state index contributed by atoms with van der Waals surface area (Å²) in [5.74, 6) is 0.385. The van der Waals surface area contributed by atoms with Crippen LogP contribution in [0.1, 0.15) is 24.0 Å². The fraction of sp³-hybridized carbons (Fsp3) is 0.200. The van der Waals surface area contributed by atoms with E-state index in [0.717, 1.165) is 27.7 Å². The van der Waals surface area contributed by atoms with Crippen LogP contribution < -0.4 is 10.5 Å². The van der Waals surface area contributed by atoms with E-state index < -0.39 is 5.82 Å². The summed E-state index contributed by atoms with van der Waals surface area (Å²) < 4.78 is 21.1. The van der Waals surface area contributed by atoms with Gasteiger partial charge >= 0.3 is 0 Å². The highest BCUT2D eigenvalue weighted by Gasteiger charge is 2.23. The number of nitrogen functional groups attached to an aromatic ring is 1. The van der Waals surface area contributed by atoms with Crippen LogP contribution in [0.25, 0.3) is 22.2 Å². The summed E-state index contributed by atoms with van der Waals surface area (Å²) in [7, 11) is 3.33. The highest BCUT2D eigenvalue weighted by molar-refractivity contribution is 6.31. The van der Waals surface area contributed by atoms with E-state index in [-0.39, 0.29) is 10.9 Å². The molecule has 0 saturated heterocycles. The number of pyridine rings is 1. The molecule has 1 aromatic carbocycles. The molecule has 0 amide bonds. The van der Waals surface area contributed by atoms with E-state index in [1.54, 1.807) is 37.3 Å². The average Bonchev–Trinajstić information content (AvgIpc) is 3.26. The van der Waals surface area contributed by atoms with Gasteiger partial charge in [-0.25, -0.2) is 9.37 Å². The molecule has 0 spiro atoms. The Hall–Kier alpha value is -3.06. The predicted molar refractivity (Wildman–Crippen MR) is 108 cm³/mol. The van der Waals surface area contributed by atoms with Crippen LogP contribution in [0, 0.1) is 5.82 Å². The molecule has 8 heteroatoms. The number of aromatic amines is 1. The second-order valence-corrected chi connectivity index (χ2v) is 7.01. The number of nitrogens with zero attached hydrogens (tertiary/aromatic N) is 3. The van der Waals surface area contributed by atoms with Crippen LogP contribution in [0.2, 0.25) is 5.02 Å². The number of methoxy groups -OCH3 is 1. The lowest BCUT2D eigenvalue weighted by molar-refractivity contribution is 0.407. The molecule has 1 atom stereocenters. The zero-order chi connectivity index (χ0) is 20.0. The molecular weight excluding hydrogens is 381 g/mol. The van der Waals surface area contributed by atoms with Gasteiger partial charge in [0.1, 0.15) is 23.0 Å². The largest absolute Gasteiger partial charge is 0.496 e. The third-order valence-corrected chi connectivity index (χ3v) is 5.45. The highest BCUT2D eigenvalue weighted by Crippen LogP contribution is 2.41. The third kappa shape index (κ3) is 2.79. The summed E-state index contributed by atoms with van der Waals surface area (Å²) in [5.41, 5.74) is 10.0. The van der Waals surface area contributed by atoms with E-state index in [1.807, 2.05) is 19.2 Å². The van der Waals surface area contributed by atoms with Crippen molar-refractivity contribution < 1.29 is 9.13 Å². The maximum atomic E-state index is 14.1. The van der Waals surface area contributed by atoms with E-state index >= 15 is 0 Å². The van der Waals surface area contributed by atoms with Crippen molar-refractivity contribution in [2.45, 2.75) is 12.8 Å². The summed E-state index contributed by atoms with van der Waals surface area (Å²) in [5, 5.41) is 5.15. The van der Waals surface area contributed by atoms with Crippen molar-refractivity contribution in [3.8, 4) is 16.9 Å². The quantitative estimate of drug-likeness (QED) is 0.529. The standard InChI is InChI=1S/C20H19ClFN5O/c1-10(17-16(28-3)5-4-15(22)18(17)21)13-8-25-20-12(13)6-11(7-24-20)14-9-26-27(2)19(14)23/h4-10H,23H2,1-3H3,(H,24,25). The van der Waals surface area contributed by atoms with Gasteiger partial charge in [-0.15, -0.1) is 0 Å². The maximum Gasteiger partial charge on any atom is 0.142 e.